The zero-order chi connectivity index (χ0) is 16.0. The molecule has 1 unspecified atom stereocenters. The number of esters is 1. The van der Waals surface area contributed by atoms with Gasteiger partial charge in [-0.25, -0.2) is 22.3 Å². The average Bonchev–Trinajstić information content (AvgIpc) is 2.44. The Balaban J connectivity index is 3.07. The Hall–Kier alpha value is -1.55. The van der Waals surface area contributed by atoms with Crippen LogP contribution in [0.5, 0.6) is 0 Å². The molecule has 0 aliphatic carbocycles. The van der Waals surface area contributed by atoms with Crippen LogP contribution < -0.4 is 4.72 Å². The SMILES string of the molecule is COCC(O)CNS(=O)(=O)c1cc(F)ccc1C(=O)OC. The highest BCUT2D eigenvalue weighted by Crippen LogP contribution is 2.18. The number of benzene rings is 1. The van der Waals surface area contributed by atoms with E-state index in [1.807, 2.05) is 0 Å². The Kier molecular flexibility index (Phi) is 6.21. The monoisotopic (exact) mass is 321 g/mol. The highest BCUT2D eigenvalue weighted by atomic mass is 32.2. The van der Waals surface area contributed by atoms with Gasteiger partial charge in [0.15, 0.2) is 0 Å². The fourth-order valence-corrected chi connectivity index (χ4v) is 2.81. The molecular weight excluding hydrogens is 305 g/mol. The first kappa shape index (κ1) is 17.5. The number of aliphatic hydroxyl groups excluding tert-OH is 1. The van der Waals surface area contributed by atoms with Crippen LogP contribution >= 0.6 is 0 Å². The molecule has 7 nitrogen and oxygen atoms in total. The number of rotatable bonds is 7. The summed E-state index contributed by atoms with van der Waals surface area (Å²) < 4.78 is 48.6. The third-order valence-electron chi connectivity index (χ3n) is 2.51. The smallest absolute Gasteiger partial charge is 0.339 e. The van der Waals surface area contributed by atoms with Crippen molar-refractivity contribution in [1.82, 2.24) is 4.72 Å². The molecule has 0 fully saturated rings. The largest absolute Gasteiger partial charge is 0.465 e. The molecule has 21 heavy (non-hydrogen) atoms. The van der Waals surface area contributed by atoms with Gasteiger partial charge in [-0.15, -0.1) is 0 Å². The summed E-state index contributed by atoms with van der Waals surface area (Å²) in [5.41, 5.74) is -0.298. The predicted molar refractivity (Wildman–Crippen MR) is 70.8 cm³/mol. The molecule has 0 amide bonds. The Morgan fingerprint density at radius 3 is 2.67 bits per heavy atom. The number of methoxy groups -OCH3 is 2. The van der Waals surface area contributed by atoms with Crippen molar-refractivity contribution < 1.29 is 32.2 Å². The summed E-state index contributed by atoms with van der Waals surface area (Å²) in [4.78, 5) is 11.0. The second-order valence-corrected chi connectivity index (χ2v) is 5.83. The second-order valence-electron chi connectivity index (χ2n) is 4.09. The van der Waals surface area contributed by atoms with Crippen molar-refractivity contribution >= 4 is 16.0 Å². The molecule has 9 heteroatoms. The van der Waals surface area contributed by atoms with Crippen molar-refractivity contribution in [1.29, 1.82) is 0 Å². The predicted octanol–water partition coefficient (Wildman–Crippen LogP) is -0.102. The molecule has 0 saturated heterocycles. The van der Waals surface area contributed by atoms with Crippen LogP contribution in [0.3, 0.4) is 0 Å². The van der Waals surface area contributed by atoms with Crippen LogP contribution in [0.2, 0.25) is 0 Å². The molecule has 0 saturated carbocycles. The van der Waals surface area contributed by atoms with Crippen molar-refractivity contribution in [3.63, 3.8) is 0 Å². The maximum atomic E-state index is 13.3. The molecular formula is C12H16FNO6S. The second kappa shape index (κ2) is 7.46. The summed E-state index contributed by atoms with van der Waals surface area (Å²) in [6.45, 7) is -0.414. The van der Waals surface area contributed by atoms with Gasteiger partial charge in [0.1, 0.15) is 5.82 Å². The van der Waals surface area contributed by atoms with E-state index in [9.17, 15) is 22.7 Å². The first-order valence-electron chi connectivity index (χ1n) is 5.86. The number of halogens is 1. The Morgan fingerprint density at radius 2 is 2.10 bits per heavy atom. The molecule has 0 aliphatic rings. The molecule has 0 radical (unpaired) electrons. The van der Waals surface area contributed by atoms with Crippen LogP contribution in [-0.4, -0.2) is 53.0 Å². The van der Waals surface area contributed by atoms with Crippen molar-refractivity contribution in [2.24, 2.45) is 0 Å². The highest BCUT2D eigenvalue weighted by molar-refractivity contribution is 7.89. The molecule has 1 aromatic rings. The summed E-state index contributed by atoms with van der Waals surface area (Å²) in [5, 5.41) is 9.42. The lowest BCUT2D eigenvalue weighted by Gasteiger charge is -2.13. The summed E-state index contributed by atoms with van der Waals surface area (Å²) >= 11 is 0. The van der Waals surface area contributed by atoms with Crippen LogP contribution in [-0.2, 0) is 19.5 Å². The van der Waals surface area contributed by atoms with Crippen molar-refractivity contribution in [3.8, 4) is 0 Å². The average molecular weight is 321 g/mol. The van der Waals surface area contributed by atoms with Gasteiger partial charge in [-0.05, 0) is 18.2 Å². The van der Waals surface area contributed by atoms with E-state index in [1.54, 1.807) is 0 Å². The van der Waals surface area contributed by atoms with Gasteiger partial charge in [0.05, 0.1) is 30.3 Å². The summed E-state index contributed by atoms with van der Waals surface area (Å²) in [5.74, 6) is -1.73. The third-order valence-corrected chi connectivity index (χ3v) is 3.97. The van der Waals surface area contributed by atoms with E-state index in [0.29, 0.717) is 6.07 Å². The Morgan fingerprint density at radius 1 is 1.43 bits per heavy atom. The van der Waals surface area contributed by atoms with Gasteiger partial charge < -0.3 is 14.6 Å². The fraction of sp³-hybridized carbons (Fsp3) is 0.417. The first-order valence-corrected chi connectivity index (χ1v) is 7.34. The molecule has 1 aromatic carbocycles. The number of sulfonamides is 1. The lowest BCUT2D eigenvalue weighted by molar-refractivity contribution is 0.0596. The van der Waals surface area contributed by atoms with Crippen LogP contribution in [0.15, 0.2) is 23.1 Å². The number of nitrogens with one attached hydrogen (secondary N) is 1. The van der Waals surface area contributed by atoms with Gasteiger partial charge in [-0.2, -0.15) is 0 Å². The minimum Gasteiger partial charge on any atom is -0.465 e. The third kappa shape index (κ3) is 4.74. The molecule has 0 spiro atoms. The summed E-state index contributed by atoms with van der Waals surface area (Å²) in [6.07, 6.45) is -1.07. The van der Waals surface area contributed by atoms with Crippen LogP contribution in [0.25, 0.3) is 0 Å². The number of aliphatic hydroxyl groups is 1. The molecule has 1 atom stereocenters. The first-order chi connectivity index (χ1) is 9.81. The Bertz CT molecular complexity index is 604. The highest BCUT2D eigenvalue weighted by Gasteiger charge is 2.24. The van der Waals surface area contributed by atoms with Crippen molar-refractivity contribution in [2.75, 3.05) is 27.4 Å². The van der Waals surface area contributed by atoms with Crippen LogP contribution in [0.4, 0.5) is 4.39 Å². The van der Waals surface area contributed by atoms with Gasteiger partial charge in [0.2, 0.25) is 10.0 Å². The van der Waals surface area contributed by atoms with Crippen LogP contribution in [0, 0.1) is 5.82 Å². The number of carbonyl (C=O) groups excluding carboxylic acids is 1. The van der Waals surface area contributed by atoms with Gasteiger partial charge in [0, 0.05) is 13.7 Å². The van der Waals surface area contributed by atoms with Gasteiger partial charge in [0.25, 0.3) is 0 Å². The normalized spacial score (nSPS) is 13.0. The van der Waals surface area contributed by atoms with E-state index in [2.05, 4.69) is 14.2 Å². The lowest BCUT2D eigenvalue weighted by Crippen LogP contribution is -2.35. The molecule has 2 N–H and O–H groups in total. The van der Waals surface area contributed by atoms with Crippen molar-refractivity contribution in [2.45, 2.75) is 11.0 Å². The minimum atomic E-state index is -4.19. The number of hydrogen-bond donors (Lipinski definition) is 2. The van der Waals surface area contributed by atoms with Gasteiger partial charge in [-0.1, -0.05) is 0 Å². The van der Waals surface area contributed by atoms with E-state index in [-0.39, 0.29) is 18.7 Å². The molecule has 0 aromatic heterocycles. The zero-order valence-corrected chi connectivity index (χ0v) is 12.3. The molecule has 0 bridgehead atoms. The Labute approximate surface area is 121 Å². The number of carbonyl (C=O) groups is 1. The summed E-state index contributed by atoms with van der Waals surface area (Å²) in [6, 6.07) is 2.67. The van der Waals surface area contributed by atoms with Crippen LogP contribution in [0.1, 0.15) is 10.4 Å². The number of ether oxygens (including phenoxy) is 2. The standard InChI is InChI=1S/C12H16FNO6S/c1-19-7-9(15)6-14-21(17,18)11-5-8(13)3-4-10(11)12(16)20-2/h3-5,9,14-15H,6-7H2,1-2H3. The maximum absolute atomic E-state index is 13.3. The van der Waals surface area contributed by atoms with E-state index in [4.69, 9.17) is 0 Å². The molecule has 1 rings (SSSR count). The minimum absolute atomic E-state index is 0.0739. The quantitative estimate of drug-likeness (QED) is 0.680. The maximum Gasteiger partial charge on any atom is 0.339 e. The van der Waals surface area contributed by atoms with E-state index in [1.165, 1.54) is 7.11 Å². The zero-order valence-electron chi connectivity index (χ0n) is 11.5. The van der Waals surface area contributed by atoms with Gasteiger partial charge in [-0.3, -0.25) is 0 Å². The molecule has 0 heterocycles. The van der Waals surface area contributed by atoms with E-state index >= 15 is 0 Å². The van der Waals surface area contributed by atoms with E-state index in [0.717, 1.165) is 19.2 Å². The van der Waals surface area contributed by atoms with Gasteiger partial charge >= 0.3 is 5.97 Å². The molecule has 118 valence electrons. The topological polar surface area (TPSA) is 102 Å². The summed E-state index contributed by atoms with van der Waals surface area (Å²) in [7, 11) is -1.76. The number of hydrogen-bond acceptors (Lipinski definition) is 6. The lowest BCUT2D eigenvalue weighted by atomic mass is 10.2. The molecule has 0 aliphatic heterocycles. The van der Waals surface area contributed by atoms with Crippen molar-refractivity contribution in [3.05, 3.63) is 29.6 Å². The fourth-order valence-electron chi connectivity index (χ4n) is 1.53. The van der Waals surface area contributed by atoms with E-state index < -0.39 is 32.8 Å².